The molecule has 0 saturated carbocycles. The zero-order chi connectivity index (χ0) is 17.6. The molecule has 1 atom stereocenters. The number of likely N-dealkylation sites (tertiary alicyclic amines) is 1. The molecule has 4 nitrogen and oxygen atoms in total. The highest BCUT2D eigenvalue weighted by molar-refractivity contribution is 7.90. The van der Waals surface area contributed by atoms with E-state index >= 15 is 0 Å². The first-order chi connectivity index (χ1) is 12.0. The molecule has 0 N–H and O–H groups in total. The Hall–Kier alpha value is -2.11. The van der Waals surface area contributed by atoms with Crippen LogP contribution in [0.1, 0.15) is 23.5 Å². The number of para-hydroxylation sites is 1. The minimum Gasteiger partial charge on any atom is -0.306 e. The van der Waals surface area contributed by atoms with Crippen molar-refractivity contribution in [1.82, 2.24) is 8.87 Å². The number of rotatable bonds is 3. The van der Waals surface area contributed by atoms with Crippen LogP contribution in [0.4, 0.5) is 0 Å². The number of aromatic nitrogens is 1. The maximum absolute atomic E-state index is 13.3. The third kappa shape index (κ3) is 2.68. The summed E-state index contributed by atoms with van der Waals surface area (Å²) in [5.74, 6) is 0.378. The molecule has 0 amide bonds. The molecule has 3 aromatic rings. The zero-order valence-electron chi connectivity index (χ0n) is 14.5. The molecule has 0 spiro atoms. The summed E-state index contributed by atoms with van der Waals surface area (Å²) in [4.78, 5) is 2.66. The molecule has 1 fully saturated rings. The lowest BCUT2D eigenvalue weighted by Gasteiger charge is -2.10. The fourth-order valence-electron chi connectivity index (χ4n) is 3.84. The molecule has 1 unspecified atom stereocenters. The predicted molar refractivity (Wildman–Crippen MR) is 101 cm³/mol. The molecule has 0 aliphatic carbocycles. The maximum atomic E-state index is 13.3. The van der Waals surface area contributed by atoms with E-state index in [1.165, 1.54) is 3.97 Å². The van der Waals surface area contributed by atoms with Crippen LogP contribution >= 0.6 is 0 Å². The Bertz CT molecular complexity index is 1040. The summed E-state index contributed by atoms with van der Waals surface area (Å²) in [7, 11) is -1.50. The van der Waals surface area contributed by atoms with Gasteiger partial charge in [-0.25, -0.2) is 12.4 Å². The van der Waals surface area contributed by atoms with Gasteiger partial charge in [0, 0.05) is 18.1 Å². The van der Waals surface area contributed by atoms with Crippen LogP contribution in [-0.2, 0) is 10.0 Å². The summed E-state index contributed by atoms with van der Waals surface area (Å²) in [5, 5.41) is 1.04. The van der Waals surface area contributed by atoms with E-state index in [0.717, 1.165) is 41.5 Å². The van der Waals surface area contributed by atoms with Gasteiger partial charge in [0.2, 0.25) is 0 Å². The zero-order valence-corrected chi connectivity index (χ0v) is 15.3. The van der Waals surface area contributed by atoms with Crippen molar-refractivity contribution in [1.29, 1.82) is 0 Å². The number of benzene rings is 2. The van der Waals surface area contributed by atoms with Crippen LogP contribution in [-0.4, -0.2) is 37.4 Å². The van der Waals surface area contributed by atoms with Crippen molar-refractivity contribution in [2.45, 2.75) is 24.2 Å². The van der Waals surface area contributed by atoms with Gasteiger partial charge in [-0.1, -0.05) is 36.4 Å². The fraction of sp³-hybridized carbons (Fsp3) is 0.300. The Balaban J connectivity index is 1.93. The number of hydrogen-bond donors (Lipinski definition) is 0. The van der Waals surface area contributed by atoms with E-state index in [9.17, 15) is 8.42 Å². The second kappa shape index (κ2) is 6.00. The Morgan fingerprint density at radius 2 is 1.76 bits per heavy atom. The second-order valence-electron chi connectivity index (χ2n) is 6.92. The first-order valence-electron chi connectivity index (χ1n) is 8.58. The van der Waals surface area contributed by atoms with Crippen LogP contribution in [0.5, 0.6) is 0 Å². The summed E-state index contributed by atoms with van der Waals surface area (Å²) in [6, 6.07) is 15.0. The molecule has 130 valence electrons. The van der Waals surface area contributed by atoms with E-state index in [1.807, 2.05) is 49.5 Å². The fourth-order valence-corrected chi connectivity index (χ4v) is 5.45. The standard InChI is InChI=1S/C20H22N2O2S/c1-15-7-3-6-10-20(15)25(23,24)22-14-18(16-11-12-21(2)13-16)17-8-4-5-9-19(17)22/h3-10,14,16H,11-13H2,1-2H3. The summed E-state index contributed by atoms with van der Waals surface area (Å²) in [6.07, 6.45) is 2.91. The van der Waals surface area contributed by atoms with E-state index in [1.54, 1.807) is 12.1 Å². The van der Waals surface area contributed by atoms with Gasteiger partial charge in [-0.2, -0.15) is 0 Å². The average Bonchev–Trinajstić information content (AvgIpc) is 3.19. The monoisotopic (exact) mass is 354 g/mol. The molecular formula is C20H22N2O2S. The Kier molecular flexibility index (Phi) is 3.93. The Labute approximate surface area is 148 Å². The van der Waals surface area contributed by atoms with Crippen molar-refractivity contribution >= 4 is 20.9 Å². The second-order valence-corrected chi connectivity index (χ2v) is 8.70. The van der Waals surface area contributed by atoms with Gasteiger partial charge in [-0.15, -0.1) is 0 Å². The number of hydrogen-bond acceptors (Lipinski definition) is 3. The molecule has 0 radical (unpaired) electrons. The minimum absolute atomic E-state index is 0.367. The number of aryl methyl sites for hydroxylation is 1. The molecule has 25 heavy (non-hydrogen) atoms. The van der Waals surface area contributed by atoms with Gasteiger partial charge in [0.15, 0.2) is 0 Å². The van der Waals surface area contributed by atoms with Crippen LogP contribution in [0.3, 0.4) is 0 Å². The first-order valence-corrected chi connectivity index (χ1v) is 10.0. The van der Waals surface area contributed by atoms with Crippen LogP contribution in [0.25, 0.3) is 10.9 Å². The van der Waals surface area contributed by atoms with E-state index in [4.69, 9.17) is 0 Å². The molecule has 0 bridgehead atoms. The summed E-state index contributed by atoms with van der Waals surface area (Å²) < 4.78 is 28.1. The third-order valence-electron chi connectivity index (χ3n) is 5.17. The number of likely N-dealkylation sites (N-methyl/N-ethyl adjacent to an activating group) is 1. The normalized spacial score (nSPS) is 18.9. The largest absolute Gasteiger partial charge is 0.306 e. The smallest absolute Gasteiger partial charge is 0.268 e. The van der Waals surface area contributed by atoms with Crippen molar-refractivity contribution in [3.63, 3.8) is 0 Å². The molecule has 1 aromatic heterocycles. The van der Waals surface area contributed by atoms with Gasteiger partial charge in [-0.05, 0) is 56.1 Å². The molecule has 1 aliphatic rings. The van der Waals surface area contributed by atoms with E-state index in [-0.39, 0.29) is 0 Å². The molecule has 5 heteroatoms. The van der Waals surface area contributed by atoms with Gasteiger partial charge in [0.1, 0.15) is 0 Å². The topological polar surface area (TPSA) is 42.3 Å². The van der Waals surface area contributed by atoms with Crippen molar-refractivity contribution in [2.24, 2.45) is 0 Å². The predicted octanol–water partition coefficient (Wildman–Crippen LogP) is 3.61. The number of fused-ring (bicyclic) bond motifs is 1. The summed E-state index contributed by atoms with van der Waals surface area (Å²) in [6.45, 7) is 3.86. The maximum Gasteiger partial charge on any atom is 0.268 e. The van der Waals surface area contributed by atoms with Crippen molar-refractivity contribution in [2.75, 3.05) is 20.1 Å². The Morgan fingerprint density at radius 1 is 1.04 bits per heavy atom. The van der Waals surface area contributed by atoms with Gasteiger partial charge in [-0.3, -0.25) is 0 Å². The van der Waals surface area contributed by atoms with Crippen molar-refractivity contribution in [3.05, 3.63) is 65.9 Å². The minimum atomic E-state index is -3.62. The van der Waals surface area contributed by atoms with E-state index in [2.05, 4.69) is 11.9 Å². The number of nitrogens with zero attached hydrogens (tertiary/aromatic N) is 2. The van der Waals surface area contributed by atoms with E-state index in [0.29, 0.717) is 10.8 Å². The van der Waals surface area contributed by atoms with Gasteiger partial charge >= 0.3 is 0 Å². The molecule has 2 heterocycles. The highest BCUT2D eigenvalue weighted by Crippen LogP contribution is 2.35. The molecular weight excluding hydrogens is 332 g/mol. The van der Waals surface area contributed by atoms with Crippen LogP contribution < -0.4 is 0 Å². The quantitative estimate of drug-likeness (QED) is 0.722. The average molecular weight is 354 g/mol. The van der Waals surface area contributed by atoms with Crippen molar-refractivity contribution in [3.8, 4) is 0 Å². The van der Waals surface area contributed by atoms with Crippen LogP contribution in [0.2, 0.25) is 0 Å². The molecule has 4 rings (SSSR count). The van der Waals surface area contributed by atoms with Crippen LogP contribution in [0, 0.1) is 6.92 Å². The molecule has 1 aliphatic heterocycles. The Morgan fingerprint density at radius 3 is 2.48 bits per heavy atom. The molecule has 2 aromatic carbocycles. The van der Waals surface area contributed by atoms with E-state index < -0.39 is 10.0 Å². The lowest BCUT2D eigenvalue weighted by molar-refractivity contribution is 0.412. The summed E-state index contributed by atoms with van der Waals surface area (Å²) >= 11 is 0. The lowest BCUT2D eigenvalue weighted by atomic mass is 9.98. The SMILES string of the molecule is Cc1ccccc1S(=O)(=O)n1cc(C2CCN(C)C2)c2ccccc21. The highest BCUT2D eigenvalue weighted by atomic mass is 32.2. The van der Waals surface area contributed by atoms with Gasteiger partial charge in [0.05, 0.1) is 10.4 Å². The van der Waals surface area contributed by atoms with Gasteiger partial charge < -0.3 is 4.90 Å². The van der Waals surface area contributed by atoms with Crippen molar-refractivity contribution < 1.29 is 8.42 Å². The van der Waals surface area contributed by atoms with Gasteiger partial charge in [0.25, 0.3) is 10.0 Å². The summed E-state index contributed by atoms with van der Waals surface area (Å²) in [5.41, 5.74) is 2.66. The first kappa shape index (κ1) is 16.4. The van der Waals surface area contributed by atoms with Crippen LogP contribution in [0.15, 0.2) is 59.6 Å². The molecule has 1 saturated heterocycles. The lowest BCUT2D eigenvalue weighted by Crippen LogP contribution is -2.14. The third-order valence-corrected chi connectivity index (χ3v) is 7.00. The highest BCUT2D eigenvalue weighted by Gasteiger charge is 2.28.